The van der Waals surface area contributed by atoms with Crippen molar-refractivity contribution in [3.05, 3.63) is 46.4 Å². The van der Waals surface area contributed by atoms with Crippen LogP contribution in [0.3, 0.4) is 0 Å². The van der Waals surface area contributed by atoms with E-state index in [0.717, 1.165) is 11.4 Å². The van der Waals surface area contributed by atoms with E-state index < -0.39 is 0 Å². The minimum Gasteiger partial charge on any atom is -0.378 e. The molecule has 1 amide bonds. The number of benzene rings is 1. The summed E-state index contributed by atoms with van der Waals surface area (Å²) in [5.41, 5.74) is 4.32. The van der Waals surface area contributed by atoms with Gasteiger partial charge in [-0.25, -0.2) is 4.98 Å². The summed E-state index contributed by atoms with van der Waals surface area (Å²) in [4.78, 5) is 18.1. The average molecular weight is 261 g/mol. The standard InChI is InChI=1S/C13H15N3OS/c1-16(2)12-5-3-4-10(6-12)13(17)14-7-11-8-18-9-15-11/h3-6,8-9H,7H2,1-2H3,(H,14,17). The summed E-state index contributed by atoms with van der Waals surface area (Å²) < 4.78 is 0. The molecule has 0 radical (unpaired) electrons. The molecule has 1 aromatic carbocycles. The highest BCUT2D eigenvalue weighted by atomic mass is 32.1. The van der Waals surface area contributed by atoms with E-state index in [1.54, 1.807) is 5.51 Å². The van der Waals surface area contributed by atoms with Gasteiger partial charge in [0.05, 0.1) is 17.7 Å². The molecule has 1 aromatic heterocycles. The first-order valence-electron chi connectivity index (χ1n) is 5.59. The maximum atomic E-state index is 12.0. The second kappa shape index (κ2) is 5.64. The Morgan fingerprint density at radius 3 is 2.94 bits per heavy atom. The Balaban J connectivity index is 2.02. The van der Waals surface area contributed by atoms with Gasteiger partial charge >= 0.3 is 0 Å². The van der Waals surface area contributed by atoms with Crippen LogP contribution in [0.2, 0.25) is 0 Å². The predicted molar refractivity (Wildman–Crippen MR) is 74.1 cm³/mol. The molecule has 1 N–H and O–H groups in total. The van der Waals surface area contributed by atoms with Crippen molar-refractivity contribution in [2.24, 2.45) is 0 Å². The Kier molecular flexibility index (Phi) is 3.94. The Morgan fingerprint density at radius 1 is 1.44 bits per heavy atom. The van der Waals surface area contributed by atoms with Gasteiger partial charge in [-0.15, -0.1) is 11.3 Å². The molecule has 0 bridgehead atoms. The van der Waals surface area contributed by atoms with Crippen molar-refractivity contribution in [1.29, 1.82) is 0 Å². The zero-order chi connectivity index (χ0) is 13.0. The molecule has 0 saturated carbocycles. The molecule has 4 nitrogen and oxygen atoms in total. The second-order valence-electron chi connectivity index (χ2n) is 4.11. The van der Waals surface area contributed by atoms with Crippen LogP contribution in [-0.4, -0.2) is 25.0 Å². The van der Waals surface area contributed by atoms with Gasteiger partial charge in [0.25, 0.3) is 5.91 Å². The first-order chi connectivity index (χ1) is 8.66. The van der Waals surface area contributed by atoms with E-state index in [4.69, 9.17) is 0 Å². The topological polar surface area (TPSA) is 45.2 Å². The number of hydrogen-bond acceptors (Lipinski definition) is 4. The Bertz CT molecular complexity index is 523. The lowest BCUT2D eigenvalue weighted by Gasteiger charge is -2.13. The van der Waals surface area contributed by atoms with E-state index >= 15 is 0 Å². The number of nitrogens with zero attached hydrogens (tertiary/aromatic N) is 2. The summed E-state index contributed by atoms with van der Waals surface area (Å²) in [7, 11) is 3.90. The van der Waals surface area contributed by atoms with E-state index in [9.17, 15) is 4.79 Å². The van der Waals surface area contributed by atoms with Crippen LogP contribution in [-0.2, 0) is 6.54 Å². The van der Waals surface area contributed by atoms with Crippen molar-refractivity contribution in [2.45, 2.75) is 6.54 Å². The van der Waals surface area contributed by atoms with Crippen molar-refractivity contribution in [2.75, 3.05) is 19.0 Å². The Morgan fingerprint density at radius 2 is 2.28 bits per heavy atom. The fourth-order valence-electron chi connectivity index (χ4n) is 1.52. The second-order valence-corrected chi connectivity index (χ2v) is 4.83. The molecule has 0 aliphatic heterocycles. The van der Waals surface area contributed by atoms with Crippen LogP contribution in [0, 0.1) is 0 Å². The van der Waals surface area contributed by atoms with Gasteiger partial charge in [-0.2, -0.15) is 0 Å². The zero-order valence-electron chi connectivity index (χ0n) is 10.4. The van der Waals surface area contributed by atoms with E-state index in [2.05, 4.69) is 10.3 Å². The molecule has 0 aliphatic rings. The van der Waals surface area contributed by atoms with Gasteiger partial charge in [0.1, 0.15) is 0 Å². The highest BCUT2D eigenvalue weighted by Gasteiger charge is 2.07. The number of thiazole rings is 1. The van der Waals surface area contributed by atoms with Gasteiger partial charge < -0.3 is 10.2 Å². The number of rotatable bonds is 4. The van der Waals surface area contributed by atoms with Crippen molar-refractivity contribution < 1.29 is 4.79 Å². The third-order valence-corrected chi connectivity index (χ3v) is 3.17. The fraction of sp³-hybridized carbons (Fsp3) is 0.231. The molecule has 0 atom stereocenters. The summed E-state index contributed by atoms with van der Waals surface area (Å²) in [6, 6.07) is 7.53. The third-order valence-electron chi connectivity index (χ3n) is 2.54. The minimum atomic E-state index is -0.0771. The summed E-state index contributed by atoms with van der Waals surface area (Å²) in [6.45, 7) is 0.467. The van der Waals surface area contributed by atoms with Crippen LogP contribution in [0.25, 0.3) is 0 Å². The maximum Gasteiger partial charge on any atom is 0.251 e. The molecule has 0 unspecified atom stereocenters. The van der Waals surface area contributed by atoms with Gasteiger partial charge in [-0.1, -0.05) is 6.07 Å². The first kappa shape index (κ1) is 12.6. The summed E-state index contributed by atoms with van der Waals surface area (Å²) in [5.74, 6) is -0.0771. The van der Waals surface area contributed by atoms with Crippen LogP contribution in [0.1, 0.15) is 16.1 Å². The van der Waals surface area contributed by atoms with Gasteiger partial charge in [-0.05, 0) is 18.2 Å². The molecule has 0 fully saturated rings. The molecular weight excluding hydrogens is 246 g/mol. The number of hydrogen-bond donors (Lipinski definition) is 1. The lowest BCUT2D eigenvalue weighted by Crippen LogP contribution is -2.23. The van der Waals surface area contributed by atoms with E-state index in [-0.39, 0.29) is 5.91 Å². The molecule has 1 heterocycles. The number of aromatic nitrogens is 1. The summed E-state index contributed by atoms with van der Waals surface area (Å²) in [5, 5.41) is 4.78. The number of anilines is 1. The quantitative estimate of drug-likeness (QED) is 0.917. The molecular formula is C13H15N3OS. The zero-order valence-corrected chi connectivity index (χ0v) is 11.2. The van der Waals surface area contributed by atoms with Gasteiger partial charge in [0.2, 0.25) is 0 Å². The van der Waals surface area contributed by atoms with Crippen LogP contribution in [0.15, 0.2) is 35.2 Å². The lowest BCUT2D eigenvalue weighted by atomic mass is 10.2. The van der Waals surface area contributed by atoms with E-state index in [1.807, 2.05) is 48.6 Å². The minimum absolute atomic E-state index is 0.0771. The molecule has 2 aromatic rings. The summed E-state index contributed by atoms with van der Waals surface area (Å²) in [6.07, 6.45) is 0. The average Bonchev–Trinajstić information content (AvgIpc) is 2.89. The SMILES string of the molecule is CN(C)c1cccc(C(=O)NCc2cscn2)c1. The van der Waals surface area contributed by atoms with Gasteiger partial charge in [-0.3, -0.25) is 4.79 Å². The van der Waals surface area contributed by atoms with E-state index in [1.165, 1.54) is 11.3 Å². The Labute approximate surface area is 110 Å². The van der Waals surface area contributed by atoms with Crippen molar-refractivity contribution in [1.82, 2.24) is 10.3 Å². The van der Waals surface area contributed by atoms with Crippen molar-refractivity contribution >= 4 is 22.9 Å². The largest absolute Gasteiger partial charge is 0.378 e. The van der Waals surface area contributed by atoms with Crippen molar-refractivity contribution in [3.8, 4) is 0 Å². The summed E-state index contributed by atoms with van der Waals surface area (Å²) >= 11 is 1.52. The highest BCUT2D eigenvalue weighted by molar-refractivity contribution is 7.07. The Hall–Kier alpha value is -1.88. The smallest absolute Gasteiger partial charge is 0.251 e. The normalized spacial score (nSPS) is 10.1. The van der Waals surface area contributed by atoms with Crippen LogP contribution in [0.4, 0.5) is 5.69 Å². The number of carbonyl (C=O) groups is 1. The number of amides is 1. The van der Waals surface area contributed by atoms with Crippen LogP contribution >= 0.6 is 11.3 Å². The first-order valence-corrected chi connectivity index (χ1v) is 6.54. The molecule has 0 saturated heterocycles. The number of carbonyl (C=O) groups excluding carboxylic acids is 1. The van der Waals surface area contributed by atoms with Gasteiger partial charge in [0.15, 0.2) is 0 Å². The van der Waals surface area contributed by atoms with Gasteiger partial charge in [0, 0.05) is 30.7 Å². The monoisotopic (exact) mass is 261 g/mol. The fourth-order valence-corrected chi connectivity index (χ4v) is 2.08. The highest BCUT2D eigenvalue weighted by Crippen LogP contribution is 2.13. The molecule has 0 aliphatic carbocycles. The molecule has 5 heteroatoms. The lowest BCUT2D eigenvalue weighted by molar-refractivity contribution is 0.0950. The number of nitrogens with one attached hydrogen (secondary N) is 1. The third kappa shape index (κ3) is 3.07. The van der Waals surface area contributed by atoms with E-state index in [0.29, 0.717) is 12.1 Å². The maximum absolute atomic E-state index is 12.0. The predicted octanol–water partition coefficient (Wildman–Crippen LogP) is 2.14. The van der Waals surface area contributed by atoms with Crippen LogP contribution in [0.5, 0.6) is 0 Å². The van der Waals surface area contributed by atoms with Crippen molar-refractivity contribution in [3.63, 3.8) is 0 Å². The molecule has 0 spiro atoms. The molecule has 2 rings (SSSR count). The molecule has 94 valence electrons. The molecule has 18 heavy (non-hydrogen) atoms. The van der Waals surface area contributed by atoms with Crippen LogP contribution < -0.4 is 10.2 Å².